The Balaban J connectivity index is 2.07. The number of rotatable bonds is 5. The van der Waals surface area contributed by atoms with Gasteiger partial charge in [0.1, 0.15) is 0 Å². The molecule has 1 rings (SSSR count). The van der Waals surface area contributed by atoms with Gasteiger partial charge in [0.25, 0.3) is 0 Å². The van der Waals surface area contributed by atoms with Crippen molar-refractivity contribution in [2.45, 2.75) is 19.8 Å². The molecule has 0 aliphatic heterocycles. The molecular formula is C9H16N2O. The predicted octanol–water partition coefficient (Wildman–Crippen LogP) is 0.508. The van der Waals surface area contributed by atoms with Crippen LogP contribution in [0.1, 0.15) is 19.8 Å². The molecule has 3 nitrogen and oxygen atoms in total. The fourth-order valence-corrected chi connectivity index (χ4v) is 1.17. The summed E-state index contributed by atoms with van der Waals surface area (Å²) in [6.45, 7) is 3.76. The van der Waals surface area contributed by atoms with Crippen molar-refractivity contribution < 1.29 is 5.11 Å². The number of nitriles is 1. The zero-order chi connectivity index (χ0) is 9.03. The molecule has 1 aliphatic carbocycles. The summed E-state index contributed by atoms with van der Waals surface area (Å²) in [5, 5.41) is 20.7. The molecule has 1 unspecified atom stereocenters. The maximum atomic E-state index is 8.97. The minimum atomic E-state index is 0.0690. The summed E-state index contributed by atoms with van der Waals surface area (Å²) in [5.41, 5.74) is 0.162. The largest absolute Gasteiger partial charge is 0.396 e. The third-order valence-electron chi connectivity index (χ3n) is 2.46. The zero-order valence-corrected chi connectivity index (χ0v) is 7.51. The van der Waals surface area contributed by atoms with E-state index in [1.54, 1.807) is 0 Å². The Morgan fingerprint density at radius 2 is 2.33 bits per heavy atom. The summed E-state index contributed by atoms with van der Waals surface area (Å²) < 4.78 is 0. The fraction of sp³-hybridized carbons (Fsp3) is 0.889. The lowest BCUT2D eigenvalue weighted by molar-refractivity contribution is 0.207. The van der Waals surface area contributed by atoms with Crippen LogP contribution < -0.4 is 5.32 Å². The minimum Gasteiger partial charge on any atom is -0.396 e. The summed E-state index contributed by atoms with van der Waals surface area (Å²) in [6, 6.07) is 2.16. The van der Waals surface area contributed by atoms with Crippen molar-refractivity contribution in [2.24, 2.45) is 11.3 Å². The van der Waals surface area contributed by atoms with E-state index in [0.717, 1.165) is 25.9 Å². The van der Waals surface area contributed by atoms with E-state index < -0.39 is 0 Å². The fourth-order valence-electron chi connectivity index (χ4n) is 1.17. The molecule has 2 N–H and O–H groups in total. The van der Waals surface area contributed by atoms with Gasteiger partial charge in [-0.3, -0.25) is 0 Å². The van der Waals surface area contributed by atoms with Gasteiger partial charge in [0.2, 0.25) is 0 Å². The molecule has 1 atom stereocenters. The van der Waals surface area contributed by atoms with Crippen molar-refractivity contribution >= 4 is 0 Å². The van der Waals surface area contributed by atoms with E-state index in [-0.39, 0.29) is 17.9 Å². The number of nitrogens with zero attached hydrogens (tertiary/aromatic N) is 1. The van der Waals surface area contributed by atoms with Crippen LogP contribution in [0.5, 0.6) is 0 Å². The highest BCUT2D eigenvalue weighted by Crippen LogP contribution is 2.44. The van der Waals surface area contributed by atoms with Crippen LogP contribution in [0.25, 0.3) is 0 Å². The molecule has 0 aromatic carbocycles. The molecule has 1 saturated carbocycles. The Labute approximate surface area is 73.4 Å². The van der Waals surface area contributed by atoms with Gasteiger partial charge >= 0.3 is 0 Å². The molecule has 68 valence electrons. The average Bonchev–Trinajstić information content (AvgIpc) is 2.85. The van der Waals surface area contributed by atoms with Crippen LogP contribution >= 0.6 is 0 Å². The van der Waals surface area contributed by atoms with Gasteiger partial charge in [0.05, 0.1) is 12.0 Å². The lowest BCUT2D eigenvalue weighted by Gasteiger charge is -2.12. The molecule has 0 heterocycles. The topological polar surface area (TPSA) is 56.0 Å². The van der Waals surface area contributed by atoms with Gasteiger partial charge in [0.15, 0.2) is 0 Å². The van der Waals surface area contributed by atoms with Gasteiger partial charge in [-0.1, -0.05) is 0 Å². The highest BCUT2D eigenvalue weighted by atomic mass is 16.3. The van der Waals surface area contributed by atoms with Crippen LogP contribution in [-0.2, 0) is 0 Å². The van der Waals surface area contributed by atoms with E-state index in [9.17, 15) is 0 Å². The molecule has 0 bridgehead atoms. The summed E-state index contributed by atoms with van der Waals surface area (Å²) in [5.74, 6) is 0.0690. The monoisotopic (exact) mass is 168 g/mol. The van der Waals surface area contributed by atoms with E-state index in [0.29, 0.717) is 0 Å². The van der Waals surface area contributed by atoms with Gasteiger partial charge < -0.3 is 10.4 Å². The summed E-state index contributed by atoms with van der Waals surface area (Å²) in [6.07, 6.45) is 2.24. The first-order chi connectivity index (χ1) is 5.72. The first-order valence-corrected chi connectivity index (χ1v) is 4.44. The molecule has 3 heteroatoms. The molecule has 0 aromatic rings. The van der Waals surface area contributed by atoms with Crippen molar-refractivity contribution in [1.29, 1.82) is 5.26 Å². The standard InChI is InChI=1S/C9H16N2O/c1-8(4-10)5-11-6-9(7-12)2-3-9/h8,11-12H,2-3,5-7H2,1H3. The second kappa shape index (κ2) is 3.88. The molecular weight excluding hydrogens is 152 g/mol. The number of nitrogens with one attached hydrogen (secondary N) is 1. The van der Waals surface area contributed by atoms with Crippen molar-refractivity contribution in [3.05, 3.63) is 0 Å². The van der Waals surface area contributed by atoms with Gasteiger partial charge in [-0.2, -0.15) is 5.26 Å². The maximum Gasteiger partial charge on any atom is 0.0666 e. The van der Waals surface area contributed by atoms with Crippen LogP contribution in [0, 0.1) is 22.7 Å². The molecule has 0 spiro atoms. The second-order valence-electron chi connectivity index (χ2n) is 3.82. The summed E-state index contributed by atoms with van der Waals surface area (Å²) >= 11 is 0. The third-order valence-corrected chi connectivity index (χ3v) is 2.46. The third kappa shape index (κ3) is 2.47. The molecule has 0 radical (unpaired) electrons. The van der Waals surface area contributed by atoms with Crippen molar-refractivity contribution in [3.63, 3.8) is 0 Å². The van der Waals surface area contributed by atoms with Gasteiger partial charge in [-0.05, 0) is 19.8 Å². The zero-order valence-electron chi connectivity index (χ0n) is 7.51. The van der Waals surface area contributed by atoms with Gasteiger partial charge in [0, 0.05) is 25.1 Å². The van der Waals surface area contributed by atoms with Crippen molar-refractivity contribution in [1.82, 2.24) is 5.32 Å². The lowest BCUT2D eigenvalue weighted by atomic mass is 10.1. The molecule has 0 saturated heterocycles. The summed E-state index contributed by atoms with van der Waals surface area (Å²) in [4.78, 5) is 0. The van der Waals surface area contributed by atoms with E-state index >= 15 is 0 Å². The van der Waals surface area contributed by atoms with Crippen molar-refractivity contribution in [2.75, 3.05) is 19.7 Å². The van der Waals surface area contributed by atoms with E-state index in [2.05, 4.69) is 11.4 Å². The van der Waals surface area contributed by atoms with Crippen LogP contribution in [-0.4, -0.2) is 24.8 Å². The molecule has 0 amide bonds. The quantitative estimate of drug-likeness (QED) is 0.629. The van der Waals surface area contributed by atoms with Crippen molar-refractivity contribution in [3.8, 4) is 6.07 Å². The predicted molar refractivity (Wildman–Crippen MR) is 46.4 cm³/mol. The van der Waals surface area contributed by atoms with E-state index in [1.165, 1.54) is 0 Å². The maximum absolute atomic E-state index is 8.97. The first-order valence-electron chi connectivity index (χ1n) is 4.44. The van der Waals surface area contributed by atoms with Gasteiger partial charge in [-0.15, -0.1) is 0 Å². The Morgan fingerprint density at radius 1 is 1.67 bits per heavy atom. The molecule has 12 heavy (non-hydrogen) atoms. The number of hydrogen-bond donors (Lipinski definition) is 2. The lowest BCUT2D eigenvalue weighted by Crippen LogP contribution is -2.29. The highest BCUT2D eigenvalue weighted by molar-refractivity contribution is 4.94. The first kappa shape index (κ1) is 9.50. The van der Waals surface area contributed by atoms with Crippen LogP contribution in [0.2, 0.25) is 0 Å². The highest BCUT2D eigenvalue weighted by Gasteiger charge is 2.41. The normalized spacial score (nSPS) is 21.4. The number of aliphatic hydroxyl groups excluding tert-OH is 1. The minimum absolute atomic E-state index is 0.0690. The van der Waals surface area contributed by atoms with Crippen LogP contribution in [0.4, 0.5) is 0 Å². The Bertz CT molecular complexity index is 181. The molecule has 0 aromatic heterocycles. The Hall–Kier alpha value is -0.590. The Morgan fingerprint density at radius 3 is 2.75 bits per heavy atom. The van der Waals surface area contributed by atoms with Crippen LogP contribution in [0.3, 0.4) is 0 Å². The van der Waals surface area contributed by atoms with Gasteiger partial charge in [-0.25, -0.2) is 0 Å². The molecule has 1 aliphatic rings. The smallest absolute Gasteiger partial charge is 0.0666 e. The number of aliphatic hydroxyl groups is 1. The average molecular weight is 168 g/mol. The van der Waals surface area contributed by atoms with E-state index in [1.807, 2.05) is 6.92 Å². The molecule has 1 fully saturated rings. The van der Waals surface area contributed by atoms with E-state index in [4.69, 9.17) is 10.4 Å². The Kier molecular flexibility index (Phi) is 3.07. The number of hydrogen-bond acceptors (Lipinski definition) is 3. The van der Waals surface area contributed by atoms with Crippen LogP contribution in [0.15, 0.2) is 0 Å². The second-order valence-corrected chi connectivity index (χ2v) is 3.82. The SMILES string of the molecule is CC(C#N)CNCC1(CO)CC1. The summed E-state index contributed by atoms with van der Waals surface area (Å²) in [7, 11) is 0.